The quantitative estimate of drug-likeness (QED) is 0.210. The highest BCUT2D eigenvalue weighted by atomic mass is 19.4. The number of aromatic nitrogens is 1. The number of aliphatic hydroxyl groups excluding tert-OH is 2. The normalized spacial score (nSPS) is 15.1. The van der Waals surface area contributed by atoms with Crippen LogP contribution >= 0.6 is 0 Å². The summed E-state index contributed by atoms with van der Waals surface area (Å²) in [7, 11) is 2.74. The number of β-amino-alcohol motifs (C(OH)–C–C–N with tert-alkyl or cyclic N) is 1. The van der Waals surface area contributed by atoms with Crippen LogP contribution in [-0.4, -0.2) is 91.0 Å². The number of rotatable bonds is 10. The van der Waals surface area contributed by atoms with Gasteiger partial charge in [-0.1, -0.05) is 12.0 Å². The fraction of sp³-hybridized carbons (Fsp3) is 0.433. The van der Waals surface area contributed by atoms with Gasteiger partial charge in [0.2, 0.25) is 0 Å². The minimum Gasteiger partial charge on any atom is -0.495 e. The van der Waals surface area contributed by atoms with E-state index in [0.717, 1.165) is 31.6 Å². The van der Waals surface area contributed by atoms with Gasteiger partial charge < -0.3 is 39.8 Å². The molecule has 2 aromatic carbocycles. The number of esters is 1. The Hall–Kier alpha value is -3.92. The predicted octanol–water partition coefficient (Wildman–Crippen LogP) is 3.69. The molecule has 42 heavy (non-hydrogen) atoms. The lowest BCUT2D eigenvalue weighted by Crippen LogP contribution is -2.43. The van der Waals surface area contributed by atoms with Crippen molar-refractivity contribution in [3.63, 3.8) is 0 Å². The van der Waals surface area contributed by atoms with Crippen LogP contribution in [0.2, 0.25) is 0 Å². The minimum absolute atomic E-state index is 0.114. The zero-order valence-corrected chi connectivity index (χ0v) is 23.5. The van der Waals surface area contributed by atoms with Crippen LogP contribution in [0.15, 0.2) is 42.5 Å². The fourth-order valence-electron chi connectivity index (χ4n) is 5.06. The molecule has 3 aromatic rings. The molecule has 0 spiro atoms. The molecule has 1 unspecified atom stereocenters. The monoisotopic (exact) mass is 588 g/mol. The van der Waals surface area contributed by atoms with Crippen molar-refractivity contribution in [1.29, 1.82) is 0 Å². The van der Waals surface area contributed by atoms with Gasteiger partial charge in [-0.15, -0.1) is 0 Å². The number of ether oxygens (including phenoxy) is 2. The van der Waals surface area contributed by atoms with Crippen LogP contribution in [0.25, 0.3) is 10.9 Å². The molecule has 1 aliphatic heterocycles. The van der Waals surface area contributed by atoms with Gasteiger partial charge >= 0.3 is 12.1 Å². The van der Waals surface area contributed by atoms with Gasteiger partial charge in [-0.25, -0.2) is 4.79 Å². The predicted molar refractivity (Wildman–Crippen MR) is 154 cm³/mol. The molecule has 0 aliphatic carbocycles. The highest BCUT2D eigenvalue weighted by molar-refractivity contribution is 5.94. The summed E-state index contributed by atoms with van der Waals surface area (Å²) in [5.41, 5.74) is 2.29. The summed E-state index contributed by atoms with van der Waals surface area (Å²) in [5.74, 6) is 5.69. The number of nitrogens with one attached hydrogen (secondary N) is 2. The molecular weight excluding hydrogens is 553 g/mol. The Bertz CT molecular complexity index is 1440. The summed E-state index contributed by atoms with van der Waals surface area (Å²) in [4.78, 5) is 13.9. The van der Waals surface area contributed by atoms with E-state index in [0.29, 0.717) is 34.4 Å². The fourth-order valence-corrected chi connectivity index (χ4v) is 5.06. The second-order valence-corrected chi connectivity index (χ2v) is 10.1. The largest absolute Gasteiger partial charge is 0.495 e. The Morgan fingerprint density at radius 3 is 2.57 bits per heavy atom. The first-order valence-electron chi connectivity index (χ1n) is 13.6. The maximum atomic E-state index is 13.6. The zero-order chi connectivity index (χ0) is 30.3. The van der Waals surface area contributed by atoms with E-state index < -0.39 is 24.8 Å². The smallest absolute Gasteiger partial charge is 0.406 e. The first-order valence-corrected chi connectivity index (χ1v) is 13.6. The van der Waals surface area contributed by atoms with Crippen molar-refractivity contribution in [3.05, 3.63) is 53.7 Å². The molecule has 0 bridgehead atoms. The van der Waals surface area contributed by atoms with Crippen LogP contribution in [0.3, 0.4) is 0 Å². The molecule has 12 heteroatoms. The van der Waals surface area contributed by atoms with Crippen LogP contribution in [0, 0.1) is 11.8 Å². The summed E-state index contributed by atoms with van der Waals surface area (Å²) in [6.45, 7) is 0.539. The van der Waals surface area contributed by atoms with Gasteiger partial charge in [-0.3, -0.25) is 0 Å². The number of anilines is 2. The Morgan fingerprint density at radius 2 is 1.90 bits per heavy atom. The van der Waals surface area contributed by atoms with E-state index >= 15 is 0 Å². The number of fused-ring (bicyclic) bond motifs is 1. The number of likely N-dealkylation sites (tertiary alicyclic amines) is 1. The van der Waals surface area contributed by atoms with E-state index in [9.17, 15) is 23.1 Å². The topological polar surface area (TPSA) is 108 Å². The maximum absolute atomic E-state index is 13.6. The maximum Gasteiger partial charge on any atom is 0.406 e. The molecule has 1 aromatic heterocycles. The molecule has 2 heterocycles. The average Bonchev–Trinajstić information content (AvgIpc) is 3.32. The zero-order valence-electron chi connectivity index (χ0n) is 23.5. The van der Waals surface area contributed by atoms with Crippen molar-refractivity contribution in [3.8, 4) is 17.6 Å². The van der Waals surface area contributed by atoms with Crippen molar-refractivity contribution in [2.45, 2.75) is 37.7 Å². The van der Waals surface area contributed by atoms with Crippen LogP contribution in [0.4, 0.5) is 24.5 Å². The first kappa shape index (κ1) is 31.0. The third kappa shape index (κ3) is 7.88. The minimum atomic E-state index is -4.44. The molecule has 4 N–H and O–H groups in total. The summed E-state index contributed by atoms with van der Waals surface area (Å²) in [6, 6.07) is 11.8. The number of hydrogen-bond acceptors (Lipinski definition) is 8. The highest BCUT2D eigenvalue weighted by Crippen LogP contribution is 2.31. The lowest BCUT2D eigenvalue weighted by molar-refractivity contribution is -0.140. The molecule has 1 saturated heterocycles. The lowest BCUT2D eigenvalue weighted by atomic mass is 10.0. The third-order valence-electron chi connectivity index (χ3n) is 7.12. The van der Waals surface area contributed by atoms with Crippen molar-refractivity contribution < 1.29 is 37.7 Å². The number of carbonyl (C=O) groups excluding carboxylic acids is 1. The molecular formula is C30H35F3N4O5. The number of hydrogen-bond donors (Lipinski definition) is 4. The Morgan fingerprint density at radius 1 is 1.14 bits per heavy atom. The molecule has 4 rings (SSSR count). The Kier molecular flexibility index (Phi) is 10.2. The molecule has 0 amide bonds. The number of nitrogens with zero attached hydrogens (tertiary/aromatic N) is 2. The van der Waals surface area contributed by atoms with Crippen molar-refractivity contribution in [2.24, 2.45) is 0 Å². The van der Waals surface area contributed by atoms with Gasteiger partial charge in [-0.05, 0) is 55.2 Å². The summed E-state index contributed by atoms with van der Waals surface area (Å²) >= 11 is 0. The van der Waals surface area contributed by atoms with E-state index in [4.69, 9.17) is 14.6 Å². The van der Waals surface area contributed by atoms with E-state index in [1.54, 1.807) is 30.3 Å². The van der Waals surface area contributed by atoms with Crippen molar-refractivity contribution in [2.75, 3.05) is 57.6 Å². The number of piperidine rings is 1. The van der Waals surface area contributed by atoms with Gasteiger partial charge in [0.15, 0.2) is 0 Å². The Labute approximate surface area is 242 Å². The van der Waals surface area contributed by atoms with Gasteiger partial charge in [0, 0.05) is 36.7 Å². The molecule has 1 atom stereocenters. The average molecular weight is 589 g/mol. The SMILES string of the molecule is COC(=O)c1ccc(NCC#Cc2cc3c(NC4CCN(CC(O)CO)CC4)cccc3n2CC(F)(F)F)c(OC)c1. The highest BCUT2D eigenvalue weighted by Gasteiger charge is 2.30. The molecule has 0 radical (unpaired) electrons. The number of carbonyl (C=O) groups is 1. The number of aliphatic hydroxyl groups is 2. The van der Waals surface area contributed by atoms with E-state index in [2.05, 4.69) is 27.4 Å². The molecule has 1 fully saturated rings. The standard InChI is InChI=1S/C30H35F3N4O5/c1-41-28-15-20(29(40)42-2)8-9-26(28)34-12-4-5-22-16-24-25(6-3-7-27(24)37(22)19-30(31,32)33)35-21-10-13-36(14-11-21)17-23(39)18-38/h3,6-9,15-16,21,23,34-35,38-39H,10-14,17-19H2,1-2H3. The number of benzene rings is 2. The molecule has 9 nitrogen and oxygen atoms in total. The van der Waals surface area contributed by atoms with E-state index in [1.165, 1.54) is 24.9 Å². The van der Waals surface area contributed by atoms with Gasteiger partial charge in [-0.2, -0.15) is 13.2 Å². The summed E-state index contributed by atoms with van der Waals surface area (Å²) in [6.07, 6.45) is -3.63. The summed E-state index contributed by atoms with van der Waals surface area (Å²) < 4.78 is 52.0. The second kappa shape index (κ2) is 13.8. The van der Waals surface area contributed by atoms with E-state index in [1.807, 2.05) is 6.07 Å². The summed E-state index contributed by atoms with van der Waals surface area (Å²) in [5, 5.41) is 26.0. The van der Waals surface area contributed by atoms with Gasteiger partial charge in [0.05, 0.1) is 55.9 Å². The molecule has 1 aliphatic rings. The first-order chi connectivity index (χ1) is 20.1. The van der Waals surface area contributed by atoms with Gasteiger partial charge in [0.25, 0.3) is 0 Å². The second-order valence-electron chi connectivity index (χ2n) is 10.1. The van der Waals surface area contributed by atoms with Gasteiger partial charge in [0.1, 0.15) is 12.3 Å². The number of alkyl halides is 3. The van der Waals surface area contributed by atoms with E-state index in [-0.39, 0.29) is 24.9 Å². The third-order valence-corrected chi connectivity index (χ3v) is 7.12. The molecule has 226 valence electrons. The Balaban J connectivity index is 1.52. The molecule has 0 saturated carbocycles. The van der Waals surface area contributed by atoms with Crippen molar-refractivity contribution in [1.82, 2.24) is 9.47 Å². The number of methoxy groups -OCH3 is 2. The van der Waals surface area contributed by atoms with Crippen LogP contribution in [0.1, 0.15) is 28.9 Å². The van der Waals surface area contributed by atoms with Crippen LogP contribution in [-0.2, 0) is 11.3 Å². The van der Waals surface area contributed by atoms with Crippen molar-refractivity contribution >= 4 is 28.2 Å². The lowest BCUT2D eigenvalue weighted by Gasteiger charge is -2.33. The van der Waals surface area contributed by atoms with Crippen LogP contribution in [0.5, 0.6) is 5.75 Å². The number of halogens is 3. The van der Waals surface area contributed by atoms with Crippen LogP contribution < -0.4 is 15.4 Å².